The summed E-state index contributed by atoms with van der Waals surface area (Å²) < 4.78 is 28.9. The summed E-state index contributed by atoms with van der Waals surface area (Å²) in [6.07, 6.45) is 13.2. The standard InChI is InChI=1S/C30H42O8/c1-19-6-4-8-26-25(34-3)13-11-21(36-26)7-5-9-29(33)37-27(18-28-30(38-28)24(32)17-19)23(31)12-10-22-16-20(2)14-15-35-22/h5,9-14,21-28,30-32H,1,4,6-8,15-18H2,2-3H3. The number of methoxy groups -OCH3 is 1. The van der Waals surface area contributed by atoms with E-state index in [1.165, 1.54) is 11.6 Å². The van der Waals surface area contributed by atoms with Crippen molar-refractivity contribution >= 4 is 5.97 Å². The fraction of sp³-hybridized carbons (Fsp3) is 0.633. The summed E-state index contributed by atoms with van der Waals surface area (Å²) in [7, 11) is 1.67. The lowest BCUT2D eigenvalue weighted by Gasteiger charge is -2.31. The molecule has 8 heteroatoms. The van der Waals surface area contributed by atoms with Crippen molar-refractivity contribution in [1.82, 2.24) is 0 Å². The number of carbonyl (C=O) groups excluding carboxylic acids is 1. The van der Waals surface area contributed by atoms with Crippen molar-refractivity contribution in [3.63, 3.8) is 0 Å². The Morgan fingerprint density at radius 2 is 2.05 bits per heavy atom. The molecule has 9 unspecified atom stereocenters. The Hall–Kier alpha value is -2.07. The fourth-order valence-corrected chi connectivity index (χ4v) is 5.29. The van der Waals surface area contributed by atoms with Crippen LogP contribution in [0.2, 0.25) is 0 Å². The number of aliphatic hydroxyl groups excluding tert-OH is 2. The first-order valence-corrected chi connectivity index (χ1v) is 13.7. The van der Waals surface area contributed by atoms with E-state index in [1.54, 1.807) is 19.3 Å². The lowest BCUT2D eigenvalue weighted by molar-refractivity contribution is -0.148. The second kappa shape index (κ2) is 13.8. The van der Waals surface area contributed by atoms with Crippen LogP contribution in [0.5, 0.6) is 0 Å². The van der Waals surface area contributed by atoms with Crippen LogP contribution in [0.4, 0.5) is 0 Å². The van der Waals surface area contributed by atoms with Gasteiger partial charge in [-0.15, -0.1) is 0 Å². The van der Waals surface area contributed by atoms with Crippen LogP contribution in [-0.4, -0.2) is 84.8 Å². The Morgan fingerprint density at radius 1 is 1.21 bits per heavy atom. The number of carbonyl (C=O) groups is 1. The molecule has 2 bridgehead atoms. The van der Waals surface area contributed by atoms with Gasteiger partial charge in [0.1, 0.15) is 24.4 Å². The molecule has 0 aromatic heterocycles. The van der Waals surface area contributed by atoms with Gasteiger partial charge in [-0.3, -0.25) is 0 Å². The molecule has 2 N–H and O–H groups in total. The Bertz CT molecular complexity index is 937. The van der Waals surface area contributed by atoms with Crippen molar-refractivity contribution in [1.29, 1.82) is 0 Å². The molecular formula is C30H42O8. The quantitative estimate of drug-likeness (QED) is 0.323. The molecule has 9 atom stereocenters. The Balaban J connectivity index is 1.44. The third kappa shape index (κ3) is 8.46. The summed E-state index contributed by atoms with van der Waals surface area (Å²) in [5, 5.41) is 21.6. The number of cyclic esters (lactones) is 1. The van der Waals surface area contributed by atoms with Crippen molar-refractivity contribution in [2.24, 2.45) is 0 Å². The van der Waals surface area contributed by atoms with Crippen LogP contribution in [-0.2, 0) is 28.5 Å². The summed E-state index contributed by atoms with van der Waals surface area (Å²) >= 11 is 0. The van der Waals surface area contributed by atoms with Gasteiger partial charge in [-0.1, -0.05) is 54.2 Å². The number of hydrogen-bond donors (Lipinski definition) is 2. The number of rotatable bonds is 4. The van der Waals surface area contributed by atoms with Crippen LogP contribution in [0.25, 0.3) is 0 Å². The molecule has 0 amide bonds. The van der Waals surface area contributed by atoms with Gasteiger partial charge in [0.2, 0.25) is 0 Å². The van der Waals surface area contributed by atoms with Gasteiger partial charge in [-0.2, -0.15) is 0 Å². The van der Waals surface area contributed by atoms with E-state index in [4.69, 9.17) is 23.7 Å². The van der Waals surface area contributed by atoms with E-state index in [0.29, 0.717) is 19.4 Å². The van der Waals surface area contributed by atoms with E-state index in [-0.39, 0.29) is 43.0 Å². The van der Waals surface area contributed by atoms with Gasteiger partial charge in [0.25, 0.3) is 0 Å². The van der Waals surface area contributed by atoms with Crippen LogP contribution in [0, 0.1) is 0 Å². The lowest BCUT2D eigenvalue weighted by atomic mass is 9.96. The molecule has 0 spiro atoms. The summed E-state index contributed by atoms with van der Waals surface area (Å²) in [6.45, 7) is 6.73. The second-order valence-corrected chi connectivity index (χ2v) is 10.7. The number of fused-ring (bicyclic) bond motifs is 3. The number of aliphatic hydroxyl groups is 2. The summed E-state index contributed by atoms with van der Waals surface area (Å²) in [5.74, 6) is -0.548. The molecule has 1 fully saturated rings. The summed E-state index contributed by atoms with van der Waals surface area (Å²) in [5.41, 5.74) is 2.19. The average molecular weight is 531 g/mol. The largest absolute Gasteiger partial charge is 0.456 e. The van der Waals surface area contributed by atoms with E-state index in [1.807, 2.05) is 31.2 Å². The zero-order valence-corrected chi connectivity index (χ0v) is 22.4. The normalized spacial score (nSPS) is 38.1. The van der Waals surface area contributed by atoms with E-state index < -0.39 is 24.3 Å². The Morgan fingerprint density at radius 3 is 2.84 bits per heavy atom. The summed E-state index contributed by atoms with van der Waals surface area (Å²) in [6, 6.07) is 0. The number of ether oxygens (including phenoxy) is 5. The van der Waals surface area contributed by atoms with Crippen molar-refractivity contribution in [2.75, 3.05) is 13.7 Å². The fourth-order valence-electron chi connectivity index (χ4n) is 5.29. The van der Waals surface area contributed by atoms with Crippen molar-refractivity contribution in [3.8, 4) is 0 Å². The minimum atomic E-state index is -1.04. The molecule has 0 aromatic carbocycles. The van der Waals surface area contributed by atoms with E-state index in [0.717, 1.165) is 31.3 Å². The maximum Gasteiger partial charge on any atom is 0.330 e. The molecule has 0 aromatic rings. The molecular weight excluding hydrogens is 488 g/mol. The minimum absolute atomic E-state index is 0.0955. The van der Waals surface area contributed by atoms with Gasteiger partial charge >= 0.3 is 5.97 Å². The van der Waals surface area contributed by atoms with Gasteiger partial charge in [-0.05, 0) is 45.4 Å². The first kappa shape index (κ1) is 28.9. The van der Waals surface area contributed by atoms with Crippen LogP contribution >= 0.6 is 0 Å². The molecule has 210 valence electrons. The zero-order chi connectivity index (χ0) is 27.1. The highest BCUT2D eigenvalue weighted by molar-refractivity contribution is 5.82. The monoisotopic (exact) mass is 530 g/mol. The van der Waals surface area contributed by atoms with Crippen molar-refractivity contribution in [2.45, 2.75) is 107 Å². The molecule has 1 saturated heterocycles. The van der Waals surface area contributed by atoms with Gasteiger partial charge in [0.15, 0.2) is 0 Å². The molecule has 4 aliphatic rings. The molecule has 4 heterocycles. The lowest BCUT2D eigenvalue weighted by Crippen LogP contribution is -2.36. The van der Waals surface area contributed by atoms with Crippen molar-refractivity contribution in [3.05, 3.63) is 60.3 Å². The molecule has 4 aliphatic heterocycles. The molecule has 0 radical (unpaired) electrons. The van der Waals surface area contributed by atoms with E-state index in [9.17, 15) is 15.0 Å². The molecule has 4 rings (SSSR count). The Kier molecular flexibility index (Phi) is 10.5. The first-order valence-electron chi connectivity index (χ1n) is 13.7. The average Bonchev–Trinajstić information content (AvgIpc) is 3.66. The molecule has 0 aliphatic carbocycles. The molecule has 38 heavy (non-hydrogen) atoms. The highest BCUT2D eigenvalue weighted by atomic mass is 16.6. The number of epoxide rings is 1. The van der Waals surface area contributed by atoms with E-state index >= 15 is 0 Å². The molecule has 0 saturated carbocycles. The SMILES string of the molecule is C=C1CCCC2OC(C=CC2OC)CC=CC(=O)OC(C(O)C=CC2CC(C)=CCO2)CC2OC2C(O)C1. The summed E-state index contributed by atoms with van der Waals surface area (Å²) in [4.78, 5) is 12.7. The second-order valence-electron chi connectivity index (χ2n) is 10.7. The first-order chi connectivity index (χ1) is 18.3. The predicted molar refractivity (Wildman–Crippen MR) is 142 cm³/mol. The maximum absolute atomic E-state index is 12.7. The topological polar surface area (TPSA) is 107 Å². The van der Waals surface area contributed by atoms with Crippen LogP contribution in [0.1, 0.15) is 51.9 Å². The Labute approximate surface area is 225 Å². The van der Waals surface area contributed by atoms with Crippen LogP contribution < -0.4 is 0 Å². The highest BCUT2D eigenvalue weighted by Gasteiger charge is 2.46. The highest BCUT2D eigenvalue weighted by Crippen LogP contribution is 2.34. The van der Waals surface area contributed by atoms with Gasteiger partial charge in [0.05, 0.1) is 37.1 Å². The van der Waals surface area contributed by atoms with Crippen LogP contribution in [0.15, 0.2) is 60.3 Å². The number of esters is 1. The predicted octanol–water partition coefficient (Wildman–Crippen LogP) is 3.48. The third-order valence-corrected chi connectivity index (χ3v) is 7.54. The smallest absolute Gasteiger partial charge is 0.330 e. The maximum atomic E-state index is 12.7. The van der Waals surface area contributed by atoms with Crippen LogP contribution in [0.3, 0.4) is 0 Å². The molecule has 8 nitrogen and oxygen atoms in total. The third-order valence-electron chi connectivity index (χ3n) is 7.54. The van der Waals surface area contributed by atoms with E-state index in [2.05, 4.69) is 6.58 Å². The minimum Gasteiger partial charge on any atom is -0.456 e. The van der Waals surface area contributed by atoms with Crippen molar-refractivity contribution < 1.29 is 38.7 Å². The van der Waals surface area contributed by atoms with Gasteiger partial charge in [0, 0.05) is 19.6 Å². The zero-order valence-electron chi connectivity index (χ0n) is 22.4. The van der Waals surface area contributed by atoms with Gasteiger partial charge in [-0.25, -0.2) is 4.79 Å². The van der Waals surface area contributed by atoms with Gasteiger partial charge < -0.3 is 33.9 Å². The number of hydrogen-bond acceptors (Lipinski definition) is 8.